The highest BCUT2D eigenvalue weighted by molar-refractivity contribution is 5.38. The molecule has 1 saturated heterocycles. The van der Waals surface area contributed by atoms with Crippen LogP contribution in [-0.4, -0.2) is 13.1 Å². The number of hydrogen-bond acceptors (Lipinski definition) is 1. The third-order valence-corrected chi connectivity index (χ3v) is 3.69. The molecule has 3 rings (SSSR count). The second-order valence-electron chi connectivity index (χ2n) is 4.55. The largest absolute Gasteiger partial charge is 0.316 e. The van der Waals surface area contributed by atoms with Crippen molar-refractivity contribution in [1.82, 2.24) is 5.32 Å². The van der Waals surface area contributed by atoms with Gasteiger partial charge in [0, 0.05) is 12.0 Å². The van der Waals surface area contributed by atoms with Crippen molar-refractivity contribution < 1.29 is 0 Å². The average molecular weight is 173 g/mol. The van der Waals surface area contributed by atoms with Crippen molar-refractivity contribution >= 4 is 0 Å². The lowest BCUT2D eigenvalue weighted by molar-refractivity contribution is 0.675. The molecule has 2 fully saturated rings. The Morgan fingerprint density at radius 2 is 2.08 bits per heavy atom. The quantitative estimate of drug-likeness (QED) is 0.683. The van der Waals surface area contributed by atoms with Crippen molar-refractivity contribution in [2.45, 2.75) is 18.8 Å². The first-order chi connectivity index (χ1) is 6.31. The molecule has 68 valence electrons. The van der Waals surface area contributed by atoms with E-state index in [0.29, 0.717) is 5.41 Å². The van der Waals surface area contributed by atoms with Crippen LogP contribution in [0.5, 0.6) is 0 Å². The Kier molecular flexibility index (Phi) is 1.37. The Bertz CT molecular complexity index is 327. The first-order valence-corrected chi connectivity index (χ1v) is 5.09. The molecule has 0 aromatic heterocycles. The predicted molar refractivity (Wildman–Crippen MR) is 53.8 cm³/mol. The minimum atomic E-state index is 0.535. The second-order valence-corrected chi connectivity index (χ2v) is 4.55. The summed E-state index contributed by atoms with van der Waals surface area (Å²) in [4.78, 5) is 0. The number of fused-ring (bicyclic) bond motifs is 1. The Labute approximate surface area is 79.2 Å². The first kappa shape index (κ1) is 7.57. The molecule has 1 aromatic rings. The standard InChI is InChI=1S/C12H15N/c1-9-2-4-10(5-3-9)12-6-11(12)7-13-8-12/h2-5,11,13H,6-8H2,1H3/t11?,12-/m0/s1. The third-order valence-electron chi connectivity index (χ3n) is 3.69. The normalized spacial score (nSPS) is 35.9. The zero-order valence-corrected chi connectivity index (χ0v) is 8.01. The van der Waals surface area contributed by atoms with Gasteiger partial charge in [0.1, 0.15) is 0 Å². The highest BCUT2D eigenvalue weighted by Crippen LogP contribution is 2.56. The van der Waals surface area contributed by atoms with E-state index in [2.05, 4.69) is 36.5 Å². The molecule has 1 heterocycles. The summed E-state index contributed by atoms with van der Waals surface area (Å²) in [6, 6.07) is 9.08. The van der Waals surface area contributed by atoms with Gasteiger partial charge in [-0.05, 0) is 31.4 Å². The van der Waals surface area contributed by atoms with Gasteiger partial charge >= 0.3 is 0 Å². The zero-order chi connectivity index (χ0) is 8.89. The van der Waals surface area contributed by atoms with Gasteiger partial charge in [-0.2, -0.15) is 0 Å². The zero-order valence-electron chi connectivity index (χ0n) is 8.01. The molecule has 0 radical (unpaired) electrons. The number of nitrogens with one attached hydrogen (secondary N) is 1. The van der Waals surface area contributed by atoms with Crippen LogP contribution >= 0.6 is 0 Å². The molecule has 0 spiro atoms. The topological polar surface area (TPSA) is 12.0 Å². The predicted octanol–water partition coefficient (Wildman–Crippen LogP) is 1.86. The van der Waals surface area contributed by atoms with Crippen LogP contribution in [0.2, 0.25) is 0 Å². The lowest BCUT2D eigenvalue weighted by Gasteiger charge is -2.11. The number of hydrogen-bond donors (Lipinski definition) is 1. The molecule has 1 unspecified atom stereocenters. The van der Waals surface area contributed by atoms with Crippen molar-refractivity contribution in [3.63, 3.8) is 0 Å². The fourth-order valence-corrected chi connectivity index (χ4v) is 2.68. The van der Waals surface area contributed by atoms with Crippen molar-refractivity contribution in [3.8, 4) is 0 Å². The van der Waals surface area contributed by atoms with Gasteiger partial charge in [-0.3, -0.25) is 0 Å². The van der Waals surface area contributed by atoms with Crippen LogP contribution in [0, 0.1) is 12.8 Å². The van der Waals surface area contributed by atoms with Gasteiger partial charge < -0.3 is 5.32 Å². The lowest BCUT2D eigenvalue weighted by Crippen LogP contribution is -2.19. The van der Waals surface area contributed by atoms with E-state index in [9.17, 15) is 0 Å². The maximum atomic E-state index is 3.48. The highest BCUT2D eigenvalue weighted by Gasteiger charge is 2.57. The summed E-state index contributed by atoms with van der Waals surface area (Å²) in [6.07, 6.45) is 1.41. The summed E-state index contributed by atoms with van der Waals surface area (Å²) >= 11 is 0. The highest BCUT2D eigenvalue weighted by atomic mass is 15.0. The van der Waals surface area contributed by atoms with Gasteiger partial charge in [-0.25, -0.2) is 0 Å². The molecule has 1 nitrogen and oxygen atoms in total. The smallest absolute Gasteiger partial charge is 0.0122 e. The van der Waals surface area contributed by atoms with Gasteiger partial charge in [0.15, 0.2) is 0 Å². The summed E-state index contributed by atoms with van der Waals surface area (Å²) < 4.78 is 0. The van der Waals surface area contributed by atoms with Gasteiger partial charge in [-0.1, -0.05) is 29.8 Å². The van der Waals surface area contributed by atoms with Gasteiger partial charge in [0.05, 0.1) is 0 Å². The molecular weight excluding hydrogens is 158 g/mol. The molecule has 1 aliphatic heterocycles. The van der Waals surface area contributed by atoms with E-state index in [1.54, 1.807) is 5.56 Å². The summed E-state index contributed by atoms with van der Waals surface area (Å²) in [7, 11) is 0. The molecule has 1 saturated carbocycles. The van der Waals surface area contributed by atoms with Crippen LogP contribution in [-0.2, 0) is 5.41 Å². The first-order valence-electron chi connectivity index (χ1n) is 5.09. The van der Waals surface area contributed by atoms with Gasteiger partial charge in [0.2, 0.25) is 0 Å². The van der Waals surface area contributed by atoms with Crippen LogP contribution in [0.1, 0.15) is 17.5 Å². The number of rotatable bonds is 1. The molecule has 0 bridgehead atoms. The van der Waals surface area contributed by atoms with Crippen molar-refractivity contribution in [1.29, 1.82) is 0 Å². The number of piperidine rings is 1. The second kappa shape index (κ2) is 2.36. The van der Waals surface area contributed by atoms with Crippen LogP contribution < -0.4 is 5.32 Å². The fourth-order valence-electron chi connectivity index (χ4n) is 2.68. The van der Waals surface area contributed by atoms with Crippen molar-refractivity contribution in [2.75, 3.05) is 13.1 Å². The Hall–Kier alpha value is -0.820. The third kappa shape index (κ3) is 0.969. The van der Waals surface area contributed by atoms with Gasteiger partial charge in [-0.15, -0.1) is 0 Å². The van der Waals surface area contributed by atoms with Crippen molar-refractivity contribution in [2.24, 2.45) is 5.92 Å². The van der Waals surface area contributed by atoms with E-state index in [-0.39, 0.29) is 0 Å². The van der Waals surface area contributed by atoms with Gasteiger partial charge in [0.25, 0.3) is 0 Å². The minimum Gasteiger partial charge on any atom is -0.316 e. The molecule has 1 aromatic carbocycles. The average Bonchev–Trinajstić information content (AvgIpc) is 2.71. The van der Waals surface area contributed by atoms with E-state index in [4.69, 9.17) is 0 Å². The van der Waals surface area contributed by atoms with Crippen LogP contribution in [0.3, 0.4) is 0 Å². The van der Waals surface area contributed by atoms with E-state index in [0.717, 1.165) is 5.92 Å². The van der Waals surface area contributed by atoms with E-state index >= 15 is 0 Å². The fraction of sp³-hybridized carbons (Fsp3) is 0.500. The summed E-state index contributed by atoms with van der Waals surface area (Å²) in [6.45, 7) is 4.58. The molecule has 1 N–H and O–H groups in total. The molecule has 13 heavy (non-hydrogen) atoms. The Balaban J connectivity index is 1.97. The summed E-state index contributed by atoms with van der Waals surface area (Å²) in [5.74, 6) is 0.926. The maximum Gasteiger partial charge on any atom is 0.0122 e. The lowest BCUT2D eigenvalue weighted by atomic mass is 9.94. The van der Waals surface area contributed by atoms with E-state index in [1.807, 2.05) is 0 Å². The summed E-state index contributed by atoms with van der Waals surface area (Å²) in [5.41, 5.74) is 3.45. The number of aryl methyl sites for hydroxylation is 1. The Morgan fingerprint density at radius 1 is 1.31 bits per heavy atom. The van der Waals surface area contributed by atoms with E-state index in [1.165, 1.54) is 25.1 Å². The van der Waals surface area contributed by atoms with Crippen LogP contribution in [0.25, 0.3) is 0 Å². The molecule has 0 amide bonds. The van der Waals surface area contributed by atoms with Crippen molar-refractivity contribution in [3.05, 3.63) is 35.4 Å². The minimum absolute atomic E-state index is 0.535. The molecule has 2 aliphatic rings. The monoisotopic (exact) mass is 173 g/mol. The van der Waals surface area contributed by atoms with E-state index < -0.39 is 0 Å². The molecule has 2 atom stereocenters. The summed E-state index contributed by atoms with van der Waals surface area (Å²) in [5, 5.41) is 3.48. The SMILES string of the molecule is Cc1ccc([C@]23CNCC2C3)cc1. The van der Waals surface area contributed by atoms with Crippen LogP contribution in [0.4, 0.5) is 0 Å². The number of benzene rings is 1. The van der Waals surface area contributed by atoms with Crippen LogP contribution in [0.15, 0.2) is 24.3 Å². The molecule has 1 heteroatoms. The maximum absolute atomic E-state index is 3.48. The molecule has 1 aliphatic carbocycles. The molecular formula is C12H15N. The Morgan fingerprint density at radius 3 is 2.62 bits per heavy atom.